The first-order chi connectivity index (χ1) is 13.2. The van der Waals surface area contributed by atoms with Crippen molar-refractivity contribution < 1.29 is 18.3 Å². The van der Waals surface area contributed by atoms with Gasteiger partial charge in [-0.3, -0.25) is 15.0 Å². The van der Waals surface area contributed by atoms with Crippen LogP contribution in [0.25, 0.3) is 11.3 Å². The molecule has 1 N–H and O–H groups in total. The number of hydrogen-bond acceptors (Lipinski definition) is 6. The molecule has 1 aromatic carbocycles. The number of morpholine rings is 1. The van der Waals surface area contributed by atoms with Crippen molar-refractivity contribution in [2.75, 3.05) is 31.6 Å². The average Bonchev–Trinajstić information content (AvgIpc) is 3.33. The van der Waals surface area contributed by atoms with E-state index in [1.54, 1.807) is 24.3 Å². The predicted octanol–water partition coefficient (Wildman–Crippen LogP) is 3.63. The zero-order valence-corrected chi connectivity index (χ0v) is 15.3. The van der Waals surface area contributed by atoms with Gasteiger partial charge in [0.05, 0.1) is 18.9 Å². The maximum atomic E-state index is 13.0. The number of thiazole rings is 1. The van der Waals surface area contributed by atoms with E-state index in [0.717, 1.165) is 38.5 Å². The number of benzene rings is 1. The van der Waals surface area contributed by atoms with Gasteiger partial charge >= 0.3 is 0 Å². The second kappa shape index (κ2) is 7.99. The Labute approximate surface area is 159 Å². The smallest absolute Gasteiger partial charge is 0.293 e. The lowest BCUT2D eigenvalue weighted by Gasteiger charge is -2.25. The molecule has 0 unspecified atom stereocenters. The first kappa shape index (κ1) is 17.8. The highest BCUT2D eigenvalue weighted by atomic mass is 32.1. The summed E-state index contributed by atoms with van der Waals surface area (Å²) in [6, 6.07) is 9.19. The fourth-order valence-corrected chi connectivity index (χ4v) is 3.51. The number of carbonyl (C=O) groups excluding carboxylic acids is 1. The first-order valence-corrected chi connectivity index (χ1v) is 9.47. The van der Waals surface area contributed by atoms with Gasteiger partial charge < -0.3 is 9.15 Å². The van der Waals surface area contributed by atoms with Crippen molar-refractivity contribution >= 4 is 22.4 Å². The maximum Gasteiger partial charge on any atom is 0.293 e. The van der Waals surface area contributed by atoms with Gasteiger partial charge in [0, 0.05) is 30.6 Å². The second-order valence-electron chi connectivity index (χ2n) is 6.16. The Hall–Kier alpha value is -2.55. The van der Waals surface area contributed by atoms with Crippen LogP contribution in [0.1, 0.15) is 16.2 Å². The Morgan fingerprint density at radius 1 is 1.19 bits per heavy atom. The molecule has 1 aliphatic rings. The molecule has 2 aromatic heterocycles. The number of amides is 1. The number of rotatable bonds is 5. The van der Waals surface area contributed by atoms with Crippen molar-refractivity contribution in [1.82, 2.24) is 9.88 Å². The number of hydrogen-bond donors (Lipinski definition) is 1. The van der Waals surface area contributed by atoms with Crippen LogP contribution in [0.15, 0.2) is 46.2 Å². The van der Waals surface area contributed by atoms with Crippen LogP contribution in [0, 0.1) is 5.82 Å². The van der Waals surface area contributed by atoms with E-state index >= 15 is 0 Å². The Morgan fingerprint density at radius 2 is 1.96 bits per heavy atom. The molecule has 4 rings (SSSR count). The number of furan rings is 1. The Morgan fingerprint density at radius 3 is 2.74 bits per heavy atom. The third kappa shape index (κ3) is 4.41. The van der Waals surface area contributed by atoms with Gasteiger partial charge in [0.1, 0.15) is 11.6 Å². The lowest BCUT2D eigenvalue weighted by molar-refractivity contribution is 0.0337. The molecule has 1 fully saturated rings. The minimum Gasteiger partial charge on any atom is -0.451 e. The van der Waals surface area contributed by atoms with Crippen molar-refractivity contribution in [3.8, 4) is 11.3 Å². The molecule has 0 aliphatic carbocycles. The summed E-state index contributed by atoms with van der Waals surface area (Å²) in [4.78, 5) is 19.1. The number of nitrogens with zero attached hydrogens (tertiary/aromatic N) is 2. The number of halogens is 1. The first-order valence-electron chi connectivity index (χ1n) is 8.59. The van der Waals surface area contributed by atoms with Gasteiger partial charge in [-0.05, 0) is 36.4 Å². The van der Waals surface area contributed by atoms with Crippen LogP contribution < -0.4 is 5.32 Å². The van der Waals surface area contributed by atoms with E-state index in [2.05, 4.69) is 15.2 Å². The van der Waals surface area contributed by atoms with Crippen LogP contribution in [0.5, 0.6) is 0 Å². The lowest BCUT2D eigenvalue weighted by Crippen LogP contribution is -2.35. The summed E-state index contributed by atoms with van der Waals surface area (Å²) in [6.45, 7) is 3.99. The number of carbonyl (C=O) groups is 1. The molecule has 0 bridgehead atoms. The predicted molar refractivity (Wildman–Crippen MR) is 100 cm³/mol. The molecular weight excluding hydrogens is 369 g/mol. The highest BCUT2D eigenvalue weighted by Crippen LogP contribution is 2.24. The van der Waals surface area contributed by atoms with Gasteiger partial charge in [-0.25, -0.2) is 9.37 Å². The van der Waals surface area contributed by atoms with Crippen molar-refractivity contribution in [1.29, 1.82) is 0 Å². The van der Waals surface area contributed by atoms with Gasteiger partial charge in [-0.1, -0.05) is 0 Å². The third-order valence-corrected chi connectivity index (χ3v) is 5.03. The van der Waals surface area contributed by atoms with E-state index in [-0.39, 0.29) is 17.5 Å². The molecule has 0 atom stereocenters. The van der Waals surface area contributed by atoms with Gasteiger partial charge in [0.15, 0.2) is 10.9 Å². The molecule has 1 aliphatic heterocycles. The van der Waals surface area contributed by atoms with Gasteiger partial charge in [-0.15, -0.1) is 11.3 Å². The Kier molecular flexibility index (Phi) is 5.28. The Balaban J connectivity index is 1.38. The van der Waals surface area contributed by atoms with Crippen LogP contribution in [-0.2, 0) is 11.3 Å². The molecule has 6 nitrogen and oxygen atoms in total. The fraction of sp³-hybridized carbons (Fsp3) is 0.263. The summed E-state index contributed by atoms with van der Waals surface area (Å²) < 4.78 is 23.9. The quantitative estimate of drug-likeness (QED) is 0.724. The summed E-state index contributed by atoms with van der Waals surface area (Å²) in [5.74, 6) is 0.00195. The van der Waals surface area contributed by atoms with Gasteiger partial charge in [0.25, 0.3) is 5.91 Å². The molecule has 0 radical (unpaired) electrons. The van der Waals surface area contributed by atoms with E-state index in [1.165, 1.54) is 23.5 Å². The standard InChI is InChI=1S/C19H18FN3O3S/c20-14-3-1-13(2-4-14)16-5-6-17(26-16)18(24)22-19-21-15(12-27-19)11-23-7-9-25-10-8-23/h1-6,12H,7-11H2,(H,21,22,24). The van der Waals surface area contributed by atoms with Gasteiger partial charge in [0.2, 0.25) is 0 Å². The molecular formula is C19H18FN3O3S. The minimum absolute atomic E-state index is 0.180. The number of ether oxygens (including phenoxy) is 1. The zero-order valence-electron chi connectivity index (χ0n) is 14.5. The zero-order chi connectivity index (χ0) is 18.6. The summed E-state index contributed by atoms with van der Waals surface area (Å²) in [7, 11) is 0. The lowest BCUT2D eigenvalue weighted by atomic mass is 10.2. The molecule has 27 heavy (non-hydrogen) atoms. The SMILES string of the molecule is O=C(Nc1nc(CN2CCOCC2)cs1)c1ccc(-c2ccc(F)cc2)o1. The summed E-state index contributed by atoms with van der Waals surface area (Å²) in [5.41, 5.74) is 1.63. The van der Waals surface area contributed by atoms with Gasteiger partial charge in [-0.2, -0.15) is 0 Å². The number of aromatic nitrogens is 1. The second-order valence-corrected chi connectivity index (χ2v) is 7.02. The van der Waals surface area contributed by atoms with E-state index in [1.807, 2.05) is 5.38 Å². The monoisotopic (exact) mass is 387 g/mol. The van der Waals surface area contributed by atoms with E-state index < -0.39 is 0 Å². The van der Waals surface area contributed by atoms with E-state index in [0.29, 0.717) is 16.5 Å². The van der Waals surface area contributed by atoms with Crippen LogP contribution in [0.2, 0.25) is 0 Å². The van der Waals surface area contributed by atoms with Crippen molar-refractivity contribution in [3.05, 3.63) is 59.0 Å². The summed E-state index contributed by atoms with van der Waals surface area (Å²) >= 11 is 1.38. The molecule has 0 saturated carbocycles. The van der Waals surface area contributed by atoms with Crippen LogP contribution in [-0.4, -0.2) is 42.1 Å². The molecule has 3 aromatic rings. The molecule has 3 heterocycles. The molecule has 0 spiro atoms. The van der Waals surface area contributed by atoms with Crippen LogP contribution >= 0.6 is 11.3 Å². The highest BCUT2D eigenvalue weighted by molar-refractivity contribution is 7.13. The Bertz CT molecular complexity index is 916. The normalized spacial score (nSPS) is 15.0. The number of nitrogens with one attached hydrogen (secondary N) is 1. The van der Waals surface area contributed by atoms with Crippen LogP contribution in [0.4, 0.5) is 9.52 Å². The summed E-state index contributed by atoms with van der Waals surface area (Å²) in [5, 5.41) is 5.23. The third-order valence-electron chi connectivity index (χ3n) is 4.22. The van der Waals surface area contributed by atoms with Crippen LogP contribution in [0.3, 0.4) is 0 Å². The largest absolute Gasteiger partial charge is 0.451 e. The number of anilines is 1. The van der Waals surface area contributed by atoms with E-state index in [4.69, 9.17) is 9.15 Å². The van der Waals surface area contributed by atoms with Crippen molar-refractivity contribution in [2.45, 2.75) is 6.54 Å². The van der Waals surface area contributed by atoms with E-state index in [9.17, 15) is 9.18 Å². The molecule has 140 valence electrons. The molecule has 1 amide bonds. The summed E-state index contributed by atoms with van der Waals surface area (Å²) in [6.07, 6.45) is 0. The van der Waals surface area contributed by atoms with Crippen molar-refractivity contribution in [3.63, 3.8) is 0 Å². The minimum atomic E-state index is -0.365. The average molecular weight is 387 g/mol. The maximum absolute atomic E-state index is 13.0. The molecule has 8 heteroatoms. The highest BCUT2D eigenvalue weighted by Gasteiger charge is 2.16. The van der Waals surface area contributed by atoms with Crippen molar-refractivity contribution in [2.24, 2.45) is 0 Å². The fourth-order valence-electron chi connectivity index (χ4n) is 2.81. The molecule has 1 saturated heterocycles. The topological polar surface area (TPSA) is 67.6 Å².